The smallest absolute Gasteiger partial charge is 0.0575 e. The van der Waals surface area contributed by atoms with Crippen LogP contribution in [0.1, 0.15) is 40.5 Å². The van der Waals surface area contributed by atoms with Crippen molar-refractivity contribution in [3.05, 3.63) is 0 Å². The van der Waals surface area contributed by atoms with E-state index in [1.54, 1.807) is 0 Å². The molecule has 0 aliphatic carbocycles. The van der Waals surface area contributed by atoms with Crippen molar-refractivity contribution in [3.63, 3.8) is 0 Å². The molecule has 3 nitrogen and oxygen atoms in total. The van der Waals surface area contributed by atoms with E-state index in [4.69, 9.17) is 0 Å². The van der Waals surface area contributed by atoms with E-state index in [0.717, 1.165) is 12.8 Å². The first-order valence-electron chi connectivity index (χ1n) is 4.28. The lowest BCUT2D eigenvalue weighted by molar-refractivity contribution is 0.0396. The molecule has 0 spiro atoms. The van der Waals surface area contributed by atoms with Crippen molar-refractivity contribution in [3.8, 4) is 0 Å². The summed E-state index contributed by atoms with van der Waals surface area (Å²) in [7, 11) is 0. The molecule has 0 aromatic rings. The molecule has 1 aliphatic heterocycles. The minimum atomic E-state index is -0.138. The summed E-state index contributed by atoms with van der Waals surface area (Å²) >= 11 is 0. The van der Waals surface area contributed by atoms with Crippen LogP contribution in [0.4, 0.5) is 0 Å². The van der Waals surface area contributed by atoms with Crippen LogP contribution in [0.25, 0.3) is 0 Å². The third kappa shape index (κ3) is 3.09. The summed E-state index contributed by atoms with van der Waals surface area (Å²) in [6.07, 6.45) is 1.58. The topological polar surface area (TPSA) is 62.8 Å². The van der Waals surface area contributed by atoms with Gasteiger partial charge in [-0.25, -0.2) is 0 Å². The summed E-state index contributed by atoms with van der Waals surface area (Å²) in [5.74, 6) is 0. The van der Waals surface area contributed by atoms with E-state index in [1.807, 2.05) is 0 Å². The Labute approximate surface area is 75.1 Å². The lowest BCUT2D eigenvalue weighted by atomic mass is 9.81. The molecule has 0 aromatic carbocycles. The summed E-state index contributed by atoms with van der Waals surface area (Å²) in [5.41, 5.74) is 0.169. The van der Waals surface area contributed by atoms with Crippen molar-refractivity contribution >= 4 is 0 Å². The first-order valence-corrected chi connectivity index (χ1v) is 4.28. The molecule has 1 heterocycles. The predicted molar refractivity (Wildman–Crippen MR) is 48.7 cm³/mol. The molecule has 0 bridgehead atoms. The highest BCUT2D eigenvalue weighted by atomic mass is 16.3. The molecule has 71 valence electrons. The van der Waals surface area contributed by atoms with Gasteiger partial charge in [-0.1, -0.05) is 0 Å². The number of rotatable bonds is 0. The van der Waals surface area contributed by atoms with Crippen LogP contribution in [0.5, 0.6) is 0 Å². The fraction of sp³-hybridized carbons (Fsp3) is 1.00. The van der Waals surface area contributed by atoms with Gasteiger partial charge in [0.2, 0.25) is 0 Å². The highest BCUT2D eigenvalue weighted by Crippen LogP contribution is 2.27. The molecular formula is C9H19N2O. The number of nitrogens with zero attached hydrogens (tertiary/aromatic N) is 1. The van der Waals surface area contributed by atoms with Gasteiger partial charge in [0, 0.05) is 17.2 Å². The van der Waals surface area contributed by atoms with Gasteiger partial charge in [0.05, 0.1) is 6.10 Å². The Bertz CT molecular complexity index is 139. The van der Waals surface area contributed by atoms with E-state index < -0.39 is 0 Å². The zero-order valence-electron chi connectivity index (χ0n) is 8.39. The monoisotopic (exact) mass is 171 g/mol. The summed E-state index contributed by atoms with van der Waals surface area (Å²) in [6.45, 7) is 8.54. The van der Waals surface area contributed by atoms with E-state index in [1.165, 1.54) is 0 Å². The van der Waals surface area contributed by atoms with Gasteiger partial charge in [0.1, 0.15) is 0 Å². The van der Waals surface area contributed by atoms with Crippen LogP contribution in [0.15, 0.2) is 0 Å². The lowest BCUT2D eigenvalue weighted by Crippen LogP contribution is -2.59. The molecule has 1 fully saturated rings. The van der Waals surface area contributed by atoms with Crippen LogP contribution >= 0.6 is 0 Å². The number of piperidine rings is 1. The quantitative estimate of drug-likeness (QED) is 0.566. The molecule has 1 aliphatic rings. The second kappa shape index (κ2) is 3.32. The molecule has 0 unspecified atom stereocenters. The van der Waals surface area contributed by atoms with Crippen LogP contribution < -0.4 is 11.5 Å². The molecule has 0 atom stereocenters. The molecule has 2 N–H and O–H groups in total. The Kier molecular flexibility index (Phi) is 3.29. The summed E-state index contributed by atoms with van der Waals surface area (Å²) in [5, 5.41) is 13.0. The zero-order chi connectivity index (χ0) is 8.70. The maximum absolute atomic E-state index is 9.54. The largest absolute Gasteiger partial charge is 0.393 e. The molecule has 12 heavy (non-hydrogen) atoms. The zero-order valence-corrected chi connectivity index (χ0v) is 8.39. The van der Waals surface area contributed by atoms with Gasteiger partial charge >= 0.3 is 0 Å². The number of hydrogen-bond donors (Lipinski definition) is 2. The number of aliphatic hydroxyl groups excluding tert-OH is 1. The normalized spacial score (nSPS) is 27.8. The Hall–Kier alpha value is -0.120. The van der Waals surface area contributed by atoms with Gasteiger partial charge in [-0.05, 0) is 40.5 Å². The Balaban J connectivity index is 0.00000121. The van der Waals surface area contributed by atoms with Crippen molar-refractivity contribution in [1.82, 2.24) is 11.5 Å². The van der Waals surface area contributed by atoms with Gasteiger partial charge in [0.15, 0.2) is 0 Å². The fourth-order valence-electron chi connectivity index (χ4n) is 2.27. The van der Waals surface area contributed by atoms with Gasteiger partial charge in [0.25, 0.3) is 0 Å². The number of hydrogen-bond acceptors (Lipinski definition) is 2. The molecule has 3 radical (unpaired) electrons. The number of aliphatic hydroxyl groups is 1. The van der Waals surface area contributed by atoms with Gasteiger partial charge in [-0.2, -0.15) is 0 Å². The fourth-order valence-corrected chi connectivity index (χ4v) is 2.27. The molecule has 3 heteroatoms. The third-order valence-electron chi connectivity index (χ3n) is 2.17. The molecule has 1 saturated heterocycles. The minimum Gasteiger partial charge on any atom is -0.393 e. The van der Waals surface area contributed by atoms with Gasteiger partial charge in [-0.3, -0.25) is 0 Å². The second-order valence-corrected chi connectivity index (χ2v) is 4.95. The highest BCUT2D eigenvalue weighted by Gasteiger charge is 2.36. The standard InChI is InChI=1S/C9H19NO.N/c1-8(2)5-7(11)6-9(3,4)10-8;/h7,10-11H,5-6H2,1-4H3;. The van der Waals surface area contributed by atoms with E-state index in [2.05, 4.69) is 33.0 Å². The Morgan fingerprint density at radius 3 is 1.67 bits per heavy atom. The van der Waals surface area contributed by atoms with E-state index >= 15 is 0 Å². The first-order chi connectivity index (χ1) is 4.81. The molecule has 0 amide bonds. The van der Waals surface area contributed by atoms with E-state index in [9.17, 15) is 5.11 Å². The van der Waals surface area contributed by atoms with Crippen molar-refractivity contribution in [1.29, 1.82) is 0 Å². The van der Waals surface area contributed by atoms with E-state index in [-0.39, 0.29) is 23.3 Å². The Morgan fingerprint density at radius 1 is 1.08 bits per heavy atom. The van der Waals surface area contributed by atoms with Gasteiger partial charge < -0.3 is 10.4 Å². The Morgan fingerprint density at radius 2 is 1.42 bits per heavy atom. The predicted octanol–water partition coefficient (Wildman–Crippen LogP) is 0.807. The summed E-state index contributed by atoms with van der Waals surface area (Å²) in [4.78, 5) is 0. The maximum Gasteiger partial charge on any atom is 0.0575 e. The lowest BCUT2D eigenvalue weighted by Gasteiger charge is -2.44. The van der Waals surface area contributed by atoms with Crippen molar-refractivity contribution in [2.75, 3.05) is 0 Å². The van der Waals surface area contributed by atoms with Crippen LogP contribution in [-0.4, -0.2) is 22.3 Å². The molecular weight excluding hydrogens is 152 g/mol. The van der Waals surface area contributed by atoms with Crippen molar-refractivity contribution in [2.45, 2.75) is 57.7 Å². The molecule has 0 aromatic heterocycles. The second-order valence-electron chi connectivity index (χ2n) is 4.95. The molecule has 1 rings (SSSR count). The minimum absolute atomic E-state index is 0. The number of nitrogens with one attached hydrogen (secondary N) is 1. The SMILES string of the molecule is CC1(C)CC(O)CC(C)(C)N1.[N]. The average molecular weight is 171 g/mol. The van der Waals surface area contributed by atoms with Crippen LogP contribution in [-0.2, 0) is 0 Å². The summed E-state index contributed by atoms with van der Waals surface area (Å²) in [6, 6.07) is 0. The first kappa shape index (κ1) is 11.9. The van der Waals surface area contributed by atoms with Crippen molar-refractivity contribution in [2.24, 2.45) is 0 Å². The van der Waals surface area contributed by atoms with Crippen molar-refractivity contribution < 1.29 is 5.11 Å². The van der Waals surface area contributed by atoms with Crippen LogP contribution in [0, 0.1) is 0 Å². The van der Waals surface area contributed by atoms with Crippen LogP contribution in [0.3, 0.4) is 0 Å². The third-order valence-corrected chi connectivity index (χ3v) is 2.17. The maximum atomic E-state index is 9.54. The van der Waals surface area contributed by atoms with Crippen LogP contribution in [0.2, 0.25) is 0 Å². The van der Waals surface area contributed by atoms with Gasteiger partial charge in [-0.15, -0.1) is 0 Å². The molecule has 0 saturated carbocycles. The summed E-state index contributed by atoms with van der Waals surface area (Å²) < 4.78 is 0. The average Bonchev–Trinajstić information content (AvgIpc) is 1.49. The van der Waals surface area contributed by atoms with E-state index in [0.29, 0.717) is 0 Å². The highest BCUT2D eigenvalue weighted by molar-refractivity contribution is 4.96.